The van der Waals surface area contributed by atoms with Gasteiger partial charge in [0.2, 0.25) is 0 Å². The Kier molecular flexibility index (Phi) is 6.32. The Morgan fingerprint density at radius 2 is 1.67 bits per heavy atom. The summed E-state index contributed by atoms with van der Waals surface area (Å²) in [4.78, 5) is 35.4. The van der Waals surface area contributed by atoms with Crippen molar-refractivity contribution in [1.82, 2.24) is 4.90 Å². The van der Waals surface area contributed by atoms with E-state index in [9.17, 15) is 19.7 Å². The first-order valence-corrected chi connectivity index (χ1v) is 6.84. The summed E-state index contributed by atoms with van der Waals surface area (Å²) in [5, 5.41) is 13.0. The molecule has 0 spiro atoms. The van der Waals surface area contributed by atoms with E-state index in [1.807, 2.05) is 13.8 Å². The number of amides is 2. The second-order valence-electron chi connectivity index (χ2n) is 4.55. The zero-order valence-corrected chi connectivity index (χ0v) is 12.2. The lowest BCUT2D eigenvalue weighted by Gasteiger charge is -2.20. The number of rotatable bonds is 6. The van der Waals surface area contributed by atoms with Crippen LogP contribution < -0.4 is 5.32 Å². The van der Waals surface area contributed by atoms with Crippen LogP contribution in [0.5, 0.6) is 0 Å². The molecule has 21 heavy (non-hydrogen) atoms. The summed E-state index contributed by atoms with van der Waals surface area (Å²) in [7, 11) is 0. The van der Waals surface area contributed by atoms with Gasteiger partial charge < -0.3 is 10.2 Å². The third-order valence-corrected chi connectivity index (χ3v) is 2.80. The number of hydrogen-bond acceptors (Lipinski definition) is 4. The summed E-state index contributed by atoms with van der Waals surface area (Å²) in [6.45, 7) is 4.93. The highest BCUT2D eigenvalue weighted by Crippen LogP contribution is 2.15. The van der Waals surface area contributed by atoms with Crippen LogP contribution in [0, 0.1) is 10.1 Å². The Morgan fingerprint density at radius 3 is 2.10 bits per heavy atom. The molecule has 0 bridgehead atoms. The van der Waals surface area contributed by atoms with Crippen LogP contribution in [0.2, 0.25) is 0 Å². The number of non-ortho nitro benzene ring substituents is 1. The van der Waals surface area contributed by atoms with Gasteiger partial charge in [-0.05, 0) is 25.0 Å². The number of nitro benzene ring substituents is 1. The molecule has 7 heteroatoms. The minimum absolute atomic E-state index is 0.0714. The summed E-state index contributed by atoms with van der Waals surface area (Å²) in [6.07, 6.45) is 1.55. The molecule has 1 rings (SSSR count). The molecular formula is C14H19N3O4. The van der Waals surface area contributed by atoms with Crippen LogP contribution in [-0.4, -0.2) is 34.7 Å². The molecule has 7 nitrogen and oxygen atoms in total. The van der Waals surface area contributed by atoms with Crippen LogP contribution in [0.25, 0.3) is 0 Å². The van der Waals surface area contributed by atoms with E-state index in [-0.39, 0.29) is 5.69 Å². The standard InChI is InChI=1S/C14H19N3O4/c1-3-9-16(10-4-2)14(19)13(18)15-11-5-7-12(8-6-11)17(20)21/h5-8H,3-4,9-10H2,1-2H3,(H,15,18). The van der Waals surface area contributed by atoms with Gasteiger partial charge in [0, 0.05) is 30.9 Å². The Balaban J connectivity index is 2.70. The van der Waals surface area contributed by atoms with Gasteiger partial charge in [-0.1, -0.05) is 13.8 Å². The molecule has 0 saturated heterocycles. The summed E-state index contributed by atoms with van der Waals surface area (Å²) in [5.74, 6) is -1.32. The summed E-state index contributed by atoms with van der Waals surface area (Å²) in [6, 6.07) is 5.34. The highest BCUT2D eigenvalue weighted by atomic mass is 16.6. The number of hydrogen-bond donors (Lipinski definition) is 1. The highest BCUT2D eigenvalue weighted by molar-refractivity contribution is 6.39. The predicted molar refractivity (Wildman–Crippen MR) is 78.9 cm³/mol. The molecular weight excluding hydrogens is 274 g/mol. The highest BCUT2D eigenvalue weighted by Gasteiger charge is 2.20. The van der Waals surface area contributed by atoms with Crippen LogP contribution in [0.3, 0.4) is 0 Å². The van der Waals surface area contributed by atoms with Gasteiger partial charge in [-0.25, -0.2) is 0 Å². The molecule has 1 N–H and O–H groups in total. The van der Waals surface area contributed by atoms with E-state index in [1.165, 1.54) is 29.2 Å². The SMILES string of the molecule is CCCN(CCC)C(=O)C(=O)Nc1ccc([N+](=O)[O-])cc1. The van der Waals surface area contributed by atoms with E-state index in [2.05, 4.69) is 5.32 Å². The zero-order valence-electron chi connectivity index (χ0n) is 12.2. The number of nitro groups is 1. The number of nitrogens with zero attached hydrogens (tertiary/aromatic N) is 2. The van der Waals surface area contributed by atoms with E-state index in [0.29, 0.717) is 18.8 Å². The Hall–Kier alpha value is -2.44. The number of carbonyl (C=O) groups is 2. The fourth-order valence-corrected chi connectivity index (χ4v) is 1.85. The third-order valence-electron chi connectivity index (χ3n) is 2.80. The molecule has 0 heterocycles. The van der Waals surface area contributed by atoms with Gasteiger partial charge in [0.1, 0.15) is 0 Å². The van der Waals surface area contributed by atoms with Gasteiger partial charge in [-0.2, -0.15) is 0 Å². The van der Waals surface area contributed by atoms with Crippen molar-refractivity contribution in [3.05, 3.63) is 34.4 Å². The van der Waals surface area contributed by atoms with Crippen LogP contribution in [0.4, 0.5) is 11.4 Å². The molecule has 1 aromatic rings. The van der Waals surface area contributed by atoms with Crippen molar-refractivity contribution in [3.63, 3.8) is 0 Å². The van der Waals surface area contributed by atoms with Crippen molar-refractivity contribution < 1.29 is 14.5 Å². The molecule has 0 aliphatic heterocycles. The van der Waals surface area contributed by atoms with Gasteiger partial charge in [0.25, 0.3) is 5.69 Å². The maximum Gasteiger partial charge on any atom is 0.313 e. The van der Waals surface area contributed by atoms with Gasteiger partial charge in [-0.15, -0.1) is 0 Å². The zero-order chi connectivity index (χ0) is 15.8. The molecule has 1 aromatic carbocycles. The van der Waals surface area contributed by atoms with Gasteiger partial charge in [-0.3, -0.25) is 19.7 Å². The number of anilines is 1. The second kappa shape index (κ2) is 7.98. The lowest BCUT2D eigenvalue weighted by atomic mass is 10.2. The average molecular weight is 293 g/mol. The fraction of sp³-hybridized carbons (Fsp3) is 0.429. The summed E-state index contributed by atoms with van der Waals surface area (Å²) < 4.78 is 0. The third kappa shape index (κ3) is 4.87. The molecule has 0 unspecified atom stereocenters. The van der Waals surface area contributed by atoms with Gasteiger partial charge >= 0.3 is 11.8 Å². The predicted octanol–water partition coefficient (Wildman–Crippen LogP) is 2.18. The average Bonchev–Trinajstić information content (AvgIpc) is 2.46. The molecule has 0 aliphatic carbocycles. The Morgan fingerprint density at radius 1 is 1.14 bits per heavy atom. The Labute approximate surface area is 123 Å². The number of benzene rings is 1. The monoisotopic (exact) mass is 293 g/mol. The first-order valence-electron chi connectivity index (χ1n) is 6.84. The lowest BCUT2D eigenvalue weighted by Crippen LogP contribution is -2.40. The minimum Gasteiger partial charge on any atom is -0.334 e. The lowest BCUT2D eigenvalue weighted by molar-refractivity contribution is -0.384. The first kappa shape index (κ1) is 16.6. The van der Waals surface area contributed by atoms with Crippen molar-refractivity contribution in [2.45, 2.75) is 26.7 Å². The molecule has 0 radical (unpaired) electrons. The molecule has 0 aromatic heterocycles. The molecule has 0 saturated carbocycles. The summed E-state index contributed by atoms with van der Waals surface area (Å²) >= 11 is 0. The second-order valence-corrected chi connectivity index (χ2v) is 4.55. The van der Waals surface area contributed by atoms with Crippen molar-refractivity contribution in [3.8, 4) is 0 Å². The maximum absolute atomic E-state index is 12.0. The molecule has 2 amide bonds. The Bertz CT molecular complexity index is 507. The first-order chi connectivity index (χ1) is 9.99. The van der Waals surface area contributed by atoms with Crippen LogP contribution in [-0.2, 0) is 9.59 Å². The topological polar surface area (TPSA) is 92.6 Å². The van der Waals surface area contributed by atoms with E-state index in [4.69, 9.17) is 0 Å². The molecule has 0 fully saturated rings. The van der Waals surface area contributed by atoms with E-state index < -0.39 is 16.7 Å². The van der Waals surface area contributed by atoms with Crippen molar-refractivity contribution in [1.29, 1.82) is 0 Å². The fourth-order valence-electron chi connectivity index (χ4n) is 1.85. The summed E-state index contributed by atoms with van der Waals surface area (Å²) in [5.41, 5.74) is 0.282. The van der Waals surface area contributed by atoms with Gasteiger partial charge in [0.15, 0.2) is 0 Å². The minimum atomic E-state index is -0.731. The molecule has 0 aliphatic rings. The van der Waals surface area contributed by atoms with Crippen molar-refractivity contribution >= 4 is 23.2 Å². The maximum atomic E-state index is 12.0. The van der Waals surface area contributed by atoms with E-state index in [0.717, 1.165) is 12.8 Å². The largest absolute Gasteiger partial charge is 0.334 e. The molecule has 114 valence electrons. The number of nitrogens with one attached hydrogen (secondary N) is 1. The van der Waals surface area contributed by atoms with Gasteiger partial charge in [0.05, 0.1) is 4.92 Å². The number of carbonyl (C=O) groups excluding carboxylic acids is 2. The van der Waals surface area contributed by atoms with Crippen LogP contribution >= 0.6 is 0 Å². The quantitative estimate of drug-likeness (QED) is 0.494. The van der Waals surface area contributed by atoms with Crippen LogP contribution in [0.15, 0.2) is 24.3 Å². The van der Waals surface area contributed by atoms with E-state index >= 15 is 0 Å². The smallest absolute Gasteiger partial charge is 0.313 e. The van der Waals surface area contributed by atoms with Crippen LogP contribution in [0.1, 0.15) is 26.7 Å². The molecule has 0 atom stereocenters. The van der Waals surface area contributed by atoms with Crippen molar-refractivity contribution in [2.75, 3.05) is 18.4 Å². The van der Waals surface area contributed by atoms with Crippen molar-refractivity contribution in [2.24, 2.45) is 0 Å². The van der Waals surface area contributed by atoms with E-state index in [1.54, 1.807) is 0 Å². The normalized spacial score (nSPS) is 10.0.